The summed E-state index contributed by atoms with van der Waals surface area (Å²) in [4.78, 5) is 12.2. The van der Waals surface area contributed by atoms with Crippen LogP contribution >= 0.6 is 0 Å². The molecule has 3 aromatic carbocycles. The van der Waals surface area contributed by atoms with E-state index in [4.69, 9.17) is 14.2 Å². The van der Waals surface area contributed by atoms with Gasteiger partial charge in [-0.05, 0) is 67.3 Å². The van der Waals surface area contributed by atoms with E-state index in [1.165, 1.54) is 0 Å². The van der Waals surface area contributed by atoms with Crippen LogP contribution in [-0.4, -0.2) is 25.7 Å². The number of amides is 1. The van der Waals surface area contributed by atoms with Gasteiger partial charge in [-0.25, -0.2) is 0 Å². The summed E-state index contributed by atoms with van der Waals surface area (Å²) in [5, 5.41) is 2.92. The van der Waals surface area contributed by atoms with E-state index < -0.39 is 0 Å². The number of nitrogens with one attached hydrogen (secondary N) is 1. The molecule has 0 saturated heterocycles. The smallest absolute Gasteiger partial charge is 0.244 e. The van der Waals surface area contributed by atoms with Crippen molar-refractivity contribution >= 4 is 12.0 Å². The molecule has 0 spiro atoms. The second-order valence-electron chi connectivity index (χ2n) is 7.36. The van der Waals surface area contributed by atoms with E-state index in [1.807, 2.05) is 86.6 Å². The molecule has 33 heavy (non-hydrogen) atoms. The third kappa shape index (κ3) is 8.04. The van der Waals surface area contributed by atoms with Crippen LogP contribution in [0.4, 0.5) is 0 Å². The number of carbonyl (C=O) groups is 1. The molecule has 172 valence electrons. The first-order chi connectivity index (χ1) is 16.2. The summed E-state index contributed by atoms with van der Waals surface area (Å²) in [5.41, 5.74) is 3.14. The number of benzene rings is 3. The Balaban J connectivity index is 1.44. The molecule has 0 radical (unpaired) electrons. The zero-order valence-corrected chi connectivity index (χ0v) is 19.3. The van der Waals surface area contributed by atoms with E-state index in [-0.39, 0.29) is 5.91 Å². The van der Waals surface area contributed by atoms with Crippen molar-refractivity contribution in [3.8, 4) is 17.2 Å². The molecular formula is C28H31NO4. The van der Waals surface area contributed by atoms with Gasteiger partial charge in [0.1, 0.15) is 12.4 Å². The van der Waals surface area contributed by atoms with Gasteiger partial charge in [0, 0.05) is 12.6 Å². The Kier molecular flexibility index (Phi) is 9.40. The van der Waals surface area contributed by atoms with Gasteiger partial charge in [0.15, 0.2) is 11.5 Å². The minimum Gasteiger partial charge on any atom is -0.490 e. The second-order valence-corrected chi connectivity index (χ2v) is 7.36. The zero-order valence-electron chi connectivity index (χ0n) is 19.3. The molecule has 0 bridgehead atoms. The Morgan fingerprint density at radius 3 is 2.27 bits per heavy atom. The first kappa shape index (κ1) is 23.9. The Labute approximate surface area is 196 Å². The Morgan fingerprint density at radius 2 is 1.55 bits per heavy atom. The monoisotopic (exact) mass is 445 g/mol. The molecule has 0 aliphatic carbocycles. The standard InChI is InChI=1S/C28H31NO4/c1-3-31-26-16-12-23(20-27(26)32-4-2)18-19-29-28(30)17-13-22-10-14-25(15-11-22)33-21-24-8-6-5-7-9-24/h5-17,20H,3-4,18-19,21H2,1-2H3,(H,29,30)/b17-13+. The molecule has 0 unspecified atom stereocenters. The predicted octanol–water partition coefficient (Wildman–Crippen LogP) is 5.44. The normalized spacial score (nSPS) is 10.7. The van der Waals surface area contributed by atoms with Crippen molar-refractivity contribution in [1.29, 1.82) is 0 Å². The Bertz CT molecular complexity index is 1030. The third-order valence-corrected chi connectivity index (χ3v) is 4.88. The summed E-state index contributed by atoms with van der Waals surface area (Å²) in [6.07, 6.45) is 4.05. The molecule has 0 aliphatic heterocycles. The average Bonchev–Trinajstić information content (AvgIpc) is 2.84. The lowest BCUT2D eigenvalue weighted by Crippen LogP contribution is -2.23. The fourth-order valence-electron chi connectivity index (χ4n) is 3.23. The third-order valence-electron chi connectivity index (χ3n) is 4.88. The van der Waals surface area contributed by atoms with Crippen molar-refractivity contribution in [1.82, 2.24) is 5.32 Å². The quantitative estimate of drug-likeness (QED) is 0.378. The average molecular weight is 446 g/mol. The summed E-state index contributed by atoms with van der Waals surface area (Å²) in [6, 6.07) is 23.6. The van der Waals surface area contributed by atoms with E-state index in [0.717, 1.165) is 33.9 Å². The lowest BCUT2D eigenvalue weighted by molar-refractivity contribution is -0.116. The van der Waals surface area contributed by atoms with E-state index in [1.54, 1.807) is 12.2 Å². The molecule has 5 heteroatoms. The Hall–Kier alpha value is -3.73. The molecule has 0 heterocycles. The van der Waals surface area contributed by atoms with Crippen molar-refractivity contribution in [2.24, 2.45) is 0 Å². The van der Waals surface area contributed by atoms with E-state index in [2.05, 4.69) is 5.32 Å². The highest BCUT2D eigenvalue weighted by atomic mass is 16.5. The molecule has 5 nitrogen and oxygen atoms in total. The minimum absolute atomic E-state index is 0.129. The van der Waals surface area contributed by atoms with Crippen LogP contribution in [0.5, 0.6) is 17.2 Å². The maximum Gasteiger partial charge on any atom is 0.244 e. The van der Waals surface area contributed by atoms with Crippen molar-refractivity contribution in [2.75, 3.05) is 19.8 Å². The van der Waals surface area contributed by atoms with E-state index in [9.17, 15) is 4.79 Å². The van der Waals surface area contributed by atoms with Gasteiger partial charge in [0.05, 0.1) is 13.2 Å². The molecule has 0 aliphatic rings. The maximum atomic E-state index is 12.2. The molecule has 0 saturated carbocycles. The van der Waals surface area contributed by atoms with Crippen LogP contribution in [0.1, 0.15) is 30.5 Å². The van der Waals surface area contributed by atoms with Gasteiger partial charge in [0.2, 0.25) is 5.91 Å². The second kappa shape index (κ2) is 13.0. The summed E-state index contributed by atoms with van der Waals surface area (Å²) in [7, 11) is 0. The summed E-state index contributed by atoms with van der Waals surface area (Å²) < 4.78 is 17.0. The van der Waals surface area contributed by atoms with Crippen LogP contribution in [0.15, 0.2) is 78.9 Å². The number of hydrogen-bond acceptors (Lipinski definition) is 4. The van der Waals surface area contributed by atoms with Crippen molar-refractivity contribution in [3.05, 3.63) is 95.6 Å². The molecule has 0 atom stereocenters. The van der Waals surface area contributed by atoms with Gasteiger partial charge in [-0.3, -0.25) is 4.79 Å². The van der Waals surface area contributed by atoms with Crippen LogP contribution < -0.4 is 19.5 Å². The zero-order chi connectivity index (χ0) is 23.3. The minimum atomic E-state index is -0.129. The van der Waals surface area contributed by atoms with Gasteiger partial charge in [-0.1, -0.05) is 48.5 Å². The highest BCUT2D eigenvalue weighted by Gasteiger charge is 2.06. The SMILES string of the molecule is CCOc1ccc(CCNC(=O)/C=C/c2ccc(OCc3ccccc3)cc2)cc1OCC. The van der Waals surface area contributed by atoms with E-state index in [0.29, 0.717) is 32.8 Å². The van der Waals surface area contributed by atoms with Gasteiger partial charge in [-0.2, -0.15) is 0 Å². The molecule has 3 aromatic rings. The molecule has 1 N–H and O–H groups in total. The first-order valence-electron chi connectivity index (χ1n) is 11.3. The summed E-state index contributed by atoms with van der Waals surface area (Å²) in [6.45, 7) is 6.12. The van der Waals surface area contributed by atoms with Gasteiger partial charge >= 0.3 is 0 Å². The summed E-state index contributed by atoms with van der Waals surface area (Å²) in [5.74, 6) is 2.14. The van der Waals surface area contributed by atoms with Gasteiger partial charge < -0.3 is 19.5 Å². The fourth-order valence-corrected chi connectivity index (χ4v) is 3.23. The predicted molar refractivity (Wildman–Crippen MR) is 132 cm³/mol. The van der Waals surface area contributed by atoms with Gasteiger partial charge in [-0.15, -0.1) is 0 Å². The highest BCUT2D eigenvalue weighted by molar-refractivity contribution is 5.91. The molecule has 0 fully saturated rings. The van der Waals surface area contributed by atoms with Crippen LogP contribution in [0, 0.1) is 0 Å². The molecular weight excluding hydrogens is 414 g/mol. The van der Waals surface area contributed by atoms with Crippen molar-refractivity contribution in [2.45, 2.75) is 26.9 Å². The maximum absolute atomic E-state index is 12.2. The highest BCUT2D eigenvalue weighted by Crippen LogP contribution is 2.28. The Morgan fingerprint density at radius 1 is 0.818 bits per heavy atom. The van der Waals surface area contributed by atoms with Crippen molar-refractivity contribution in [3.63, 3.8) is 0 Å². The fraction of sp³-hybridized carbons (Fsp3) is 0.250. The number of hydrogen-bond donors (Lipinski definition) is 1. The van der Waals surface area contributed by atoms with Crippen LogP contribution in [0.25, 0.3) is 6.08 Å². The first-order valence-corrected chi connectivity index (χ1v) is 11.3. The number of rotatable bonds is 12. The summed E-state index contributed by atoms with van der Waals surface area (Å²) >= 11 is 0. The van der Waals surface area contributed by atoms with E-state index >= 15 is 0 Å². The molecule has 3 rings (SSSR count). The molecule has 0 aromatic heterocycles. The topological polar surface area (TPSA) is 56.8 Å². The van der Waals surface area contributed by atoms with Crippen molar-refractivity contribution < 1.29 is 19.0 Å². The van der Waals surface area contributed by atoms with Crippen LogP contribution in [-0.2, 0) is 17.8 Å². The number of ether oxygens (including phenoxy) is 3. The lowest BCUT2D eigenvalue weighted by Gasteiger charge is -2.12. The van der Waals surface area contributed by atoms with Crippen LogP contribution in [0.2, 0.25) is 0 Å². The molecule has 1 amide bonds. The lowest BCUT2D eigenvalue weighted by atomic mass is 10.1. The van der Waals surface area contributed by atoms with Gasteiger partial charge in [0.25, 0.3) is 0 Å². The van der Waals surface area contributed by atoms with Crippen LogP contribution in [0.3, 0.4) is 0 Å². The number of carbonyl (C=O) groups excluding carboxylic acids is 1. The largest absolute Gasteiger partial charge is 0.490 e.